The average Bonchev–Trinajstić information content (AvgIpc) is 3.41. The minimum absolute atomic E-state index is 0.0579. The molecule has 3 aromatic rings. The van der Waals surface area contributed by atoms with Crippen LogP contribution in [0.5, 0.6) is 0 Å². The third-order valence-corrected chi connectivity index (χ3v) is 21.8. The maximum absolute atomic E-state index is 14.2. The van der Waals surface area contributed by atoms with Gasteiger partial charge in [-0.1, -0.05) is 139 Å². The Labute approximate surface area is 319 Å². The van der Waals surface area contributed by atoms with E-state index in [1.165, 1.54) is 15.3 Å². The van der Waals surface area contributed by atoms with E-state index >= 15 is 0 Å². The van der Waals surface area contributed by atoms with Gasteiger partial charge in [-0.25, -0.2) is 0 Å². The van der Waals surface area contributed by atoms with E-state index in [2.05, 4.69) is 120 Å². The van der Waals surface area contributed by atoms with Gasteiger partial charge in [0.25, 0.3) is 8.32 Å². The normalized spacial score (nSPS) is 23.5. The minimum Gasteiger partial charge on any atom is -0.491 e. The van der Waals surface area contributed by atoms with Gasteiger partial charge in [0.05, 0.1) is 36.2 Å². The van der Waals surface area contributed by atoms with Crippen molar-refractivity contribution < 1.29 is 23.2 Å². The summed E-state index contributed by atoms with van der Waals surface area (Å²) in [6, 6.07) is 34.5. The lowest BCUT2D eigenvalue weighted by atomic mass is 9.71. The highest BCUT2D eigenvalue weighted by atomic mass is 28.4. The van der Waals surface area contributed by atoms with Gasteiger partial charge >= 0.3 is 0 Å². The largest absolute Gasteiger partial charge is 0.491 e. The van der Waals surface area contributed by atoms with Crippen LogP contribution in [0.3, 0.4) is 0 Å². The number of likely N-dealkylation sites (tertiary alicyclic amines) is 1. The fraction of sp³-hybridized carbons (Fsp3) is 0.467. The summed E-state index contributed by atoms with van der Waals surface area (Å²) < 4.78 is 21.1. The molecule has 0 saturated carbocycles. The molecule has 2 amide bonds. The number of unbranched alkanes of at least 4 members (excludes halogenated alkanes) is 1. The van der Waals surface area contributed by atoms with Crippen LogP contribution < -0.4 is 10.4 Å². The first-order valence-electron chi connectivity index (χ1n) is 19.9. The molecule has 0 spiro atoms. The smallest absolute Gasteiger partial charge is 0.261 e. The molecule has 5 atom stereocenters. The van der Waals surface area contributed by atoms with Crippen molar-refractivity contribution in [1.29, 1.82) is 0 Å². The van der Waals surface area contributed by atoms with Gasteiger partial charge in [0.15, 0.2) is 8.32 Å². The van der Waals surface area contributed by atoms with Crippen molar-refractivity contribution in [1.82, 2.24) is 4.90 Å². The zero-order valence-corrected chi connectivity index (χ0v) is 34.6. The SMILES string of the molecule is CC[Si](CC)(CC)O[C@H]1C[C@@H](/C=C/CCCO[Si](c2ccccc2)(c2ccccc2)C(C)(C)C)OC2=CC[C@H]3C(=O)N(Cc4ccccc4)C(=O)[C@H]3[C@H]21. The van der Waals surface area contributed by atoms with Crippen LogP contribution in [0, 0.1) is 17.8 Å². The standard InChI is InChI=1S/C45H59NO5Si2/c1-7-52(8-2,9-3)51-40-32-35(50-39-30-29-38-41(42(39)40)44(48)46(43(38)47)33-34-22-14-10-15-23-34)24-16-13-21-31-49-53(45(4,5)6,36-25-17-11-18-26-36)37-27-19-12-20-28-37/h10-12,14-20,22-28,30,35,38,40-42H,7-9,13,21,29,31-33H2,1-6H3/b24-16+/t35-,38-,40+,41-,42-/m1/s1. The second-order valence-electron chi connectivity index (χ2n) is 16.1. The van der Waals surface area contributed by atoms with Gasteiger partial charge < -0.3 is 13.6 Å². The molecule has 6 rings (SSSR count). The first-order chi connectivity index (χ1) is 25.6. The highest BCUT2D eigenvalue weighted by Gasteiger charge is 2.58. The van der Waals surface area contributed by atoms with Gasteiger partial charge in [-0.2, -0.15) is 0 Å². The molecule has 0 bridgehead atoms. The number of amides is 2. The molecule has 2 saturated heterocycles. The van der Waals surface area contributed by atoms with Crippen LogP contribution in [0.25, 0.3) is 0 Å². The van der Waals surface area contributed by atoms with Gasteiger partial charge in [0.2, 0.25) is 11.8 Å². The predicted octanol–water partition coefficient (Wildman–Crippen LogP) is 8.78. The summed E-state index contributed by atoms with van der Waals surface area (Å²) in [6.45, 7) is 14.7. The molecule has 53 heavy (non-hydrogen) atoms. The van der Waals surface area contributed by atoms with Crippen molar-refractivity contribution in [2.75, 3.05) is 6.61 Å². The minimum atomic E-state index is -2.58. The van der Waals surface area contributed by atoms with E-state index in [0.29, 0.717) is 26.0 Å². The molecule has 6 nitrogen and oxygen atoms in total. The van der Waals surface area contributed by atoms with Gasteiger partial charge in [-0.15, -0.1) is 0 Å². The summed E-state index contributed by atoms with van der Waals surface area (Å²) in [4.78, 5) is 29.4. The molecule has 0 aromatic heterocycles. The number of benzene rings is 3. The molecule has 3 aromatic carbocycles. The maximum atomic E-state index is 14.2. The summed E-state index contributed by atoms with van der Waals surface area (Å²) in [6.07, 6.45) is 9.16. The van der Waals surface area contributed by atoms with Crippen molar-refractivity contribution in [2.45, 2.75) is 109 Å². The van der Waals surface area contributed by atoms with E-state index in [1.807, 2.05) is 30.3 Å². The molecule has 0 unspecified atom stereocenters. The van der Waals surface area contributed by atoms with E-state index in [0.717, 1.165) is 42.3 Å². The van der Waals surface area contributed by atoms with Crippen LogP contribution in [0.1, 0.15) is 72.8 Å². The van der Waals surface area contributed by atoms with Crippen LogP contribution in [0.2, 0.25) is 23.2 Å². The fourth-order valence-corrected chi connectivity index (χ4v) is 16.6. The molecule has 2 heterocycles. The third-order valence-electron chi connectivity index (χ3n) is 12.1. The van der Waals surface area contributed by atoms with E-state index in [9.17, 15) is 9.59 Å². The number of hydrogen-bond acceptors (Lipinski definition) is 5. The second-order valence-corrected chi connectivity index (χ2v) is 25.2. The number of imide groups is 1. The molecular formula is C45H59NO5Si2. The third kappa shape index (κ3) is 7.97. The fourth-order valence-electron chi connectivity index (χ4n) is 9.08. The number of nitrogens with zero attached hydrogens (tertiary/aromatic N) is 1. The summed E-state index contributed by atoms with van der Waals surface area (Å²) in [5.74, 6) is -0.364. The Morgan fingerprint density at radius 2 is 1.40 bits per heavy atom. The molecule has 2 aliphatic heterocycles. The van der Waals surface area contributed by atoms with E-state index < -0.39 is 22.6 Å². The Morgan fingerprint density at radius 1 is 0.811 bits per heavy atom. The summed E-state index contributed by atoms with van der Waals surface area (Å²) in [5, 5.41) is 2.53. The van der Waals surface area contributed by atoms with Gasteiger partial charge in [0, 0.05) is 13.0 Å². The van der Waals surface area contributed by atoms with Crippen molar-refractivity contribution in [3.05, 3.63) is 121 Å². The Kier molecular flexibility index (Phi) is 12.4. The molecule has 0 N–H and O–H groups in total. The highest BCUT2D eigenvalue weighted by Crippen LogP contribution is 2.49. The van der Waals surface area contributed by atoms with Crippen LogP contribution in [0.4, 0.5) is 0 Å². The van der Waals surface area contributed by atoms with Crippen LogP contribution in [0.15, 0.2) is 115 Å². The zero-order valence-electron chi connectivity index (χ0n) is 32.6. The lowest BCUT2D eigenvalue weighted by Gasteiger charge is -2.46. The summed E-state index contributed by atoms with van der Waals surface area (Å²) in [5.41, 5.74) is 0.963. The molecule has 0 radical (unpaired) electrons. The number of fused-ring (bicyclic) bond motifs is 3. The topological polar surface area (TPSA) is 65.1 Å². The molecule has 1 aliphatic carbocycles. The second kappa shape index (κ2) is 16.8. The lowest BCUT2D eigenvalue weighted by Crippen LogP contribution is -2.66. The van der Waals surface area contributed by atoms with E-state index in [1.54, 1.807) is 0 Å². The van der Waals surface area contributed by atoms with Crippen molar-refractivity contribution in [3.8, 4) is 0 Å². The van der Waals surface area contributed by atoms with Crippen molar-refractivity contribution in [3.63, 3.8) is 0 Å². The molecular weight excluding hydrogens is 691 g/mol. The predicted molar refractivity (Wildman–Crippen MR) is 219 cm³/mol. The van der Waals surface area contributed by atoms with Crippen LogP contribution in [-0.4, -0.2) is 52.2 Å². The van der Waals surface area contributed by atoms with Crippen molar-refractivity contribution in [2.24, 2.45) is 17.8 Å². The van der Waals surface area contributed by atoms with Crippen LogP contribution in [-0.2, 0) is 29.7 Å². The first kappa shape index (κ1) is 39.1. The average molecular weight is 750 g/mol. The highest BCUT2D eigenvalue weighted by molar-refractivity contribution is 6.99. The van der Waals surface area contributed by atoms with E-state index in [4.69, 9.17) is 13.6 Å². The summed E-state index contributed by atoms with van der Waals surface area (Å²) in [7, 11) is -4.62. The monoisotopic (exact) mass is 749 g/mol. The van der Waals surface area contributed by atoms with Gasteiger partial charge in [-0.3, -0.25) is 14.5 Å². The number of rotatable bonds is 15. The first-order valence-corrected chi connectivity index (χ1v) is 24.4. The number of carbonyl (C=O) groups excluding carboxylic acids is 2. The quantitative estimate of drug-likeness (QED) is 0.0673. The lowest BCUT2D eigenvalue weighted by molar-refractivity contribution is -0.141. The Bertz CT molecular complexity index is 1690. The van der Waals surface area contributed by atoms with Crippen LogP contribution >= 0.6 is 0 Å². The van der Waals surface area contributed by atoms with Gasteiger partial charge in [0.1, 0.15) is 6.10 Å². The number of allylic oxidation sites excluding steroid dienone is 2. The Balaban J connectivity index is 1.17. The molecule has 282 valence electrons. The maximum Gasteiger partial charge on any atom is 0.261 e. The van der Waals surface area contributed by atoms with E-state index in [-0.39, 0.29) is 40.9 Å². The number of ether oxygens (including phenoxy) is 1. The zero-order chi connectivity index (χ0) is 37.6. The molecule has 8 heteroatoms. The number of carbonyl (C=O) groups is 2. The number of hydrogen-bond donors (Lipinski definition) is 0. The molecule has 2 fully saturated rings. The summed E-state index contributed by atoms with van der Waals surface area (Å²) >= 11 is 0. The van der Waals surface area contributed by atoms with Gasteiger partial charge in [-0.05, 0) is 70.5 Å². The molecule has 3 aliphatic rings. The Hall–Kier alpha value is -3.57. The van der Waals surface area contributed by atoms with Crippen molar-refractivity contribution >= 4 is 38.8 Å². The Morgan fingerprint density at radius 3 is 1.96 bits per heavy atom.